The van der Waals surface area contributed by atoms with Crippen LogP contribution in [0.1, 0.15) is 84.5 Å². The molecule has 0 aromatic carbocycles. The van der Waals surface area contributed by atoms with Gasteiger partial charge in [0, 0.05) is 12.1 Å². The average molecular weight is 290 g/mol. The number of nitrogens with one attached hydrogen (secondary N) is 1. The Morgan fingerprint density at radius 2 is 1.33 bits per heavy atom. The molecular formula is C20H35N. The summed E-state index contributed by atoms with van der Waals surface area (Å²) < 4.78 is 0. The van der Waals surface area contributed by atoms with Gasteiger partial charge < -0.3 is 5.32 Å². The summed E-state index contributed by atoms with van der Waals surface area (Å²) in [5, 5.41) is 4.11. The summed E-state index contributed by atoms with van der Waals surface area (Å²) in [6.07, 6.45) is 16.7. The molecule has 1 nitrogen and oxygen atoms in total. The Bertz CT molecular complexity index is 333. The molecule has 0 aliphatic heterocycles. The van der Waals surface area contributed by atoms with E-state index < -0.39 is 0 Å². The first-order valence-corrected chi connectivity index (χ1v) is 9.91. The van der Waals surface area contributed by atoms with Gasteiger partial charge in [0.2, 0.25) is 0 Å². The minimum absolute atomic E-state index is 0.678. The van der Waals surface area contributed by atoms with E-state index >= 15 is 0 Å². The predicted octanol–water partition coefficient (Wildman–Crippen LogP) is 5.15. The quantitative estimate of drug-likeness (QED) is 0.754. The lowest BCUT2D eigenvalue weighted by atomic mass is 9.48. The molecule has 2 atom stereocenters. The van der Waals surface area contributed by atoms with Gasteiger partial charge in [-0.25, -0.2) is 0 Å². The Balaban J connectivity index is 1.41. The van der Waals surface area contributed by atoms with Crippen LogP contribution in [0.5, 0.6) is 0 Å². The summed E-state index contributed by atoms with van der Waals surface area (Å²) in [5.74, 6) is 4.22. The van der Waals surface area contributed by atoms with Crippen molar-refractivity contribution in [1.82, 2.24) is 5.32 Å². The summed E-state index contributed by atoms with van der Waals surface area (Å²) in [6.45, 7) is 5.01. The van der Waals surface area contributed by atoms with E-state index in [-0.39, 0.29) is 0 Å². The third-order valence-electron chi connectivity index (χ3n) is 7.87. The van der Waals surface area contributed by atoms with Crippen LogP contribution < -0.4 is 5.32 Å². The van der Waals surface area contributed by atoms with Crippen molar-refractivity contribution in [3.05, 3.63) is 0 Å². The average Bonchev–Trinajstić information content (AvgIpc) is 2.46. The molecule has 5 aliphatic carbocycles. The summed E-state index contributed by atoms with van der Waals surface area (Å²) >= 11 is 0. The van der Waals surface area contributed by atoms with Crippen molar-refractivity contribution in [2.24, 2.45) is 29.1 Å². The van der Waals surface area contributed by atoms with Gasteiger partial charge in [0.05, 0.1) is 0 Å². The van der Waals surface area contributed by atoms with Gasteiger partial charge in [-0.05, 0) is 94.3 Å². The molecule has 0 radical (unpaired) electrons. The highest BCUT2D eigenvalue weighted by atomic mass is 15.0. The molecule has 0 saturated heterocycles. The van der Waals surface area contributed by atoms with Crippen molar-refractivity contribution in [3.8, 4) is 0 Å². The maximum absolute atomic E-state index is 4.11. The standard InChI is InChI=1S/C20H35N/c1-14(19-6-4-3-5-7-19)21-15(2)20-11-16-8-17(12-20)10-18(9-16)13-20/h14-19,21H,3-13H2,1-2H3. The first-order chi connectivity index (χ1) is 10.1. The molecule has 0 aromatic rings. The molecule has 1 N–H and O–H groups in total. The van der Waals surface area contributed by atoms with E-state index in [1.807, 2.05) is 0 Å². The van der Waals surface area contributed by atoms with E-state index in [4.69, 9.17) is 0 Å². The van der Waals surface area contributed by atoms with Crippen molar-refractivity contribution in [2.45, 2.75) is 96.6 Å². The van der Waals surface area contributed by atoms with Crippen molar-refractivity contribution < 1.29 is 0 Å². The van der Waals surface area contributed by atoms with Crippen molar-refractivity contribution in [2.75, 3.05) is 0 Å². The van der Waals surface area contributed by atoms with E-state index in [2.05, 4.69) is 19.2 Å². The van der Waals surface area contributed by atoms with Gasteiger partial charge in [-0.15, -0.1) is 0 Å². The SMILES string of the molecule is CC(NC(C)C12CC3CC(CC(C3)C1)C2)C1CCCCC1. The second-order valence-electron chi connectivity index (χ2n) is 9.36. The predicted molar refractivity (Wildman–Crippen MR) is 89.2 cm³/mol. The van der Waals surface area contributed by atoms with Crippen LogP contribution in [0.15, 0.2) is 0 Å². The maximum Gasteiger partial charge on any atom is 0.00980 e. The van der Waals surface area contributed by atoms with E-state index in [9.17, 15) is 0 Å². The minimum Gasteiger partial charge on any atom is -0.311 e. The monoisotopic (exact) mass is 289 g/mol. The van der Waals surface area contributed by atoms with E-state index in [1.54, 1.807) is 38.5 Å². The van der Waals surface area contributed by atoms with Crippen molar-refractivity contribution in [3.63, 3.8) is 0 Å². The van der Waals surface area contributed by atoms with Crippen LogP contribution in [-0.2, 0) is 0 Å². The smallest absolute Gasteiger partial charge is 0.00980 e. The molecule has 5 aliphatic rings. The zero-order chi connectivity index (χ0) is 14.4. The summed E-state index contributed by atoms with van der Waals surface area (Å²) in [7, 11) is 0. The summed E-state index contributed by atoms with van der Waals surface area (Å²) in [6, 6.07) is 1.50. The van der Waals surface area contributed by atoms with Crippen LogP contribution in [0.4, 0.5) is 0 Å². The number of rotatable bonds is 4. The molecule has 2 unspecified atom stereocenters. The van der Waals surface area contributed by atoms with Crippen LogP contribution in [0.25, 0.3) is 0 Å². The van der Waals surface area contributed by atoms with E-state index in [0.29, 0.717) is 5.41 Å². The van der Waals surface area contributed by atoms with Gasteiger partial charge in [-0.2, -0.15) is 0 Å². The molecule has 0 aromatic heterocycles. The zero-order valence-electron chi connectivity index (χ0n) is 14.2. The van der Waals surface area contributed by atoms with Crippen molar-refractivity contribution >= 4 is 0 Å². The number of hydrogen-bond acceptors (Lipinski definition) is 1. The van der Waals surface area contributed by atoms with Crippen LogP contribution >= 0.6 is 0 Å². The van der Waals surface area contributed by atoms with Crippen molar-refractivity contribution in [1.29, 1.82) is 0 Å². The highest BCUT2D eigenvalue weighted by molar-refractivity contribution is 5.05. The largest absolute Gasteiger partial charge is 0.311 e. The Morgan fingerprint density at radius 1 is 0.810 bits per heavy atom. The van der Waals surface area contributed by atoms with Gasteiger partial charge >= 0.3 is 0 Å². The van der Waals surface area contributed by atoms with Crippen LogP contribution in [0.2, 0.25) is 0 Å². The van der Waals surface area contributed by atoms with Gasteiger partial charge in [0.15, 0.2) is 0 Å². The molecular weight excluding hydrogens is 254 g/mol. The molecule has 5 fully saturated rings. The lowest BCUT2D eigenvalue weighted by molar-refractivity contribution is -0.0730. The van der Waals surface area contributed by atoms with Crippen LogP contribution in [0, 0.1) is 29.1 Å². The Hall–Kier alpha value is -0.0400. The van der Waals surface area contributed by atoms with Gasteiger partial charge in [-0.3, -0.25) is 0 Å². The van der Waals surface area contributed by atoms with E-state index in [0.717, 1.165) is 35.8 Å². The van der Waals surface area contributed by atoms with Crippen LogP contribution in [0.3, 0.4) is 0 Å². The molecule has 0 spiro atoms. The molecule has 1 heteroatoms. The van der Waals surface area contributed by atoms with Crippen LogP contribution in [-0.4, -0.2) is 12.1 Å². The molecule has 21 heavy (non-hydrogen) atoms. The Morgan fingerprint density at radius 3 is 1.86 bits per heavy atom. The lowest BCUT2D eigenvalue weighted by Crippen LogP contribution is -2.57. The molecule has 120 valence electrons. The molecule has 5 saturated carbocycles. The first-order valence-electron chi connectivity index (χ1n) is 9.91. The third-order valence-corrected chi connectivity index (χ3v) is 7.87. The zero-order valence-corrected chi connectivity index (χ0v) is 14.2. The fraction of sp³-hybridized carbons (Fsp3) is 1.00. The summed E-state index contributed by atoms with van der Waals surface area (Å²) in [4.78, 5) is 0. The third kappa shape index (κ3) is 2.69. The maximum atomic E-state index is 4.11. The first kappa shape index (κ1) is 14.5. The lowest BCUT2D eigenvalue weighted by Gasteiger charge is -2.59. The highest BCUT2D eigenvalue weighted by Crippen LogP contribution is 2.61. The fourth-order valence-electron chi connectivity index (χ4n) is 7.05. The minimum atomic E-state index is 0.678. The fourth-order valence-corrected chi connectivity index (χ4v) is 7.05. The second kappa shape index (κ2) is 5.55. The van der Waals surface area contributed by atoms with Gasteiger partial charge in [-0.1, -0.05) is 19.3 Å². The number of hydrogen-bond donors (Lipinski definition) is 1. The molecule has 5 rings (SSSR count). The van der Waals surface area contributed by atoms with Gasteiger partial charge in [0.1, 0.15) is 0 Å². The second-order valence-corrected chi connectivity index (χ2v) is 9.36. The Kier molecular flexibility index (Phi) is 3.84. The highest BCUT2D eigenvalue weighted by Gasteiger charge is 2.53. The molecule has 4 bridgehead atoms. The topological polar surface area (TPSA) is 12.0 Å². The Labute approximate surface area is 131 Å². The summed E-state index contributed by atoms with van der Waals surface area (Å²) in [5.41, 5.74) is 0.678. The van der Waals surface area contributed by atoms with Gasteiger partial charge in [0.25, 0.3) is 0 Å². The molecule has 0 amide bonds. The van der Waals surface area contributed by atoms with E-state index in [1.165, 1.54) is 32.1 Å². The molecule has 0 heterocycles. The normalized spacial score (nSPS) is 45.7.